The fourth-order valence-electron chi connectivity index (χ4n) is 1.08. The van der Waals surface area contributed by atoms with Crippen molar-refractivity contribution in [2.24, 2.45) is 0 Å². The van der Waals surface area contributed by atoms with Crippen LogP contribution in [0.5, 0.6) is 0 Å². The van der Waals surface area contributed by atoms with Gasteiger partial charge in [0.2, 0.25) is 6.29 Å². The lowest BCUT2D eigenvalue weighted by Crippen LogP contribution is -3.00. The highest BCUT2D eigenvalue weighted by Crippen LogP contribution is 2.02. The molecule has 0 aromatic rings. The minimum atomic E-state index is -0.906. The number of ketones is 1. The number of quaternary nitrogens is 1. The molecule has 3 N–H and O–H groups in total. The monoisotopic (exact) mass is 281 g/mol. The Morgan fingerprint density at radius 2 is 1.56 bits per heavy atom. The van der Waals surface area contributed by atoms with Crippen LogP contribution in [0.15, 0.2) is 0 Å². The molecule has 0 aliphatic rings. The maximum Gasteiger partial charge on any atom is 0.309 e. The maximum atomic E-state index is 11.2. The molecule has 0 aliphatic carbocycles. The van der Waals surface area contributed by atoms with Gasteiger partial charge in [0.25, 0.3) is 0 Å². The summed E-state index contributed by atoms with van der Waals surface area (Å²) in [4.78, 5) is 33.2. The standard InChI is InChI=1S/C11H19NO5.ClH/c1-3-4-10(14)16-8(2)17-11(15)6-5-9(13)7-12;/h8H,3-7,12H2,1-2H3;1H. The van der Waals surface area contributed by atoms with E-state index in [2.05, 4.69) is 5.73 Å². The van der Waals surface area contributed by atoms with Crippen molar-refractivity contribution in [3.8, 4) is 0 Å². The van der Waals surface area contributed by atoms with E-state index in [0.29, 0.717) is 12.8 Å². The van der Waals surface area contributed by atoms with Gasteiger partial charge in [0.1, 0.15) is 6.54 Å². The zero-order valence-corrected chi connectivity index (χ0v) is 11.5. The number of Topliss-reactive ketones (excluding diaryl/α,β-unsaturated/α-hetero) is 1. The predicted octanol–water partition coefficient (Wildman–Crippen LogP) is -3.19. The molecule has 0 fully saturated rings. The van der Waals surface area contributed by atoms with Crippen molar-refractivity contribution in [2.45, 2.75) is 45.8 Å². The summed E-state index contributed by atoms with van der Waals surface area (Å²) in [6.45, 7) is 3.48. The molecule has 7 heteroatoms. The molecule has 0 aliphatic heterocycles. The van der Waals surface area contributed by atoms with E-state index in [-0.39, 0.29) is 37.6 Å². The van der Waals surface area contributed by atoms with Gasteiger partial charge in [-0.3, -0.25) is 14.4 Å². The Kier molecular flexibility index (Phi) is 11.7. The predicted molar refractivity (Wildman–Crippen MR) is 58.6 cm³/mol. The van der Waals surface area contributed by atoms with E-state index < -0.39 is 18.2 Å². The van der Waals surface area contributed by atoms with Gasteiger partial charge in [0.05, 0.1) is 6.42 Å². The van der Waals surface area contributed by atoms with Crippen molar-refractivity contribution in [1.29, 1.82) is 0 Å². The minimum Gasteiger partial charge on any atom is -1.00 e. The molecule has 0 aromatic carbocycles. The summed E-state index contributed by atoms with van der Waals surface area (Å²) in [6, 6.07) is 0. The van der Waals surface area contributed by atoms with Gasteiger partial charge in [-0.2, -0.15) is 0 Å². The van der Waals surface area contributed by atoms with Crippen LogP contribution in [0, 0.1) is 0 Å². The third kappa shape index (κ3) is 10.0. The first-order chi connectivity index (χ1) is 7.99. The molecule has 0 heterocycles. The molecule has 18 heavy (non-hydrogen) atoms. The van der Waals surface area contributed by atoms with E-state index >= 15 is 0 Å². The first-order valence-electron chi connectivity index (χ1n) is 5.69. The lowest BCUT2D eigenvalue weighted by Gasteiger charge is -2.13. The first-order valence-corrected chi connectivity index (χ1v) is 5.69. The molecule has 0 saturated carbocycles. The number of carbonyl (C=O) groups is 3. The Hall–Kier alpha value is -1.14. The molecule has 0 amide bonds. The van der Waals surface area contributed by atoms with Crippen molar-refractivity contribution < 1.29 is 42.0 Å². The van der Waals surface area contributed by atoms with Crippen LogP contribution in [0.4, 0.5) is 0 Å². The van der Waals surface area contributed by atoms with Crippen molar-refractivity contribution in [3.05, 3.63) is 0 Å². The third-order valence-electron chi connectivity index (χ3n) is 1.94. The van der Waals surface area contributed by atoms with E-state index in [1.165, 1.54) is 6.92 Å². The van der Waals surface area contributed by atoms with Gasteiger partial charge in [-0.1, -0.05) is 6.92 Å². The molecule has 0 saturated heterocycles. The first kappa shape index (κ1) is 19.2. The van der Waals surface area contributed by atoms with E-state index in [0.717, 1.165) is 0 Å². The zero-order chi connectivity index (χ0) is 13.3. The van der Waals surface area contributed by atoms with Crippen molar-refractivity contribution in [1.82, 2.24) is 0 Å². The highest BCUT2D eigenvalue weighted by molar-refractivity contribution is 5.83. The molecular formula is C11H20ClNO5. The van der Waals surface area contributed by atoms with E-state index in [1.807, 2.05) is 6.92 Å². The van der Waals surface area contributed by atoms with Crippen molar-refractivity contribution >= 4 is 17.7 Å². The summed E-state index contributed by atoms with van der Waals surface area (Å²) >= 11 is 0. The second-order valence-electron chi connectivity index (χ2n) is 3.59. The Labute approximate surface area is 113 Å². The molecule has 106 valence electrons. The highest BCUT2D eigenvalue weighted by Gasteiger charge is 2.14. The minimum absolute atomic E-state index is 0. The molecule has 0 radical (unpaired) electrons. The fraction of sp³-hybridized carbons (Fsp3) is 0.727. The van der Waals surface area contributed by atoms with Crippen LogP contribution in [0.25, 0.3) is 0 Å². The van der Waals surface area contributed by atoms with E-state index in [9.17, 15) is 14.4 Å². The summed E-state index contributed by atoms with van der Waals surface area (Å²) in [5.41, 5.74) is 3.41. The topological polar surface area (TPSA) is 97.3 Å². The fourth-order valence-corrected chi connectivity index (χ4v) is 1.08. The number of halogens is 1. The Morgan fingerprint density at radius 3 is 2.00 bits per heavy atom. The number of ether oxygens (including phenoxy) is 2. The smallest absolute Gasteiger partial charge is 0.309 e. The number of carbonyl (C=O) groups excluding carboxylic acids is 3. The summed E-state index contributed by atoms with van der Waals surface area (Å²) in [7, 11) is 0. The molecular weight excluding hydrogens is 262 g/mol. The normalized spacial score (nSPS) is 11.1. The van der Waals surface area contributed by atoms with Gasteiger partial charge in [0, 0.05) is 19.8 Å². The van der Waals surface area contributed by atoms with E-state index in [4.69, 9.17) is 9.47 Å². The van der Waals surface area contributed by atoms with Crippen molar-refractivity contribution in [2.75, 3.05) is 6.54 Å². The Bertz CT molecular complexity index is 283. The molecule has 6 nitrogen and oxygen atoms in total. The van der Waals surface area contributed by atoms with Crippen molar-refractivity contribution in [3.63, 3.8) is 0 Å². The van der Waals surface area contributed by atoms with Gasteiger partial charge in [-0.15, -0.1) is 0 Å². The second kappa shape index (κ2) is 11.0. The van der Waals surface area contributed by atoms with Gasteiger partial charge in [0.15, 0.2) is 5.78 Å². The lowest BCUT2D eigenvalue weighted by molar-refractivity contribution is -0.354. The van der Waals surface area contributed by atoms with Gasteiger partial charge < -0.3 is 27.6 Å². The molecule has 0 rings (SSSR count). The summed E-state index contributed by atoms with van der Waals surface area (Å²) in [5.74, 6) is -1.05. The van der Waals surface area contributed by atoms with Gasteiger partial charge in [-0.25, -0.2) is 0 Å². The zero-order valence-electron chi connectivity index (χ0n) is 10.7. The number of rotatable bonds is 8. The lowest BCUT2D eigenvalue weighted by atomic mass is 10.2. The maximum absolute atomic E-state index is 11.2. The molecule has 0 spiro atoms. The van der Waals surface area contributed by atoms with Crippen LogP contribution < -0.4 is 18.1 Å². The molecule has 1 unspecified atom stereocenters. The van der Waals surface area contributed by atoms with Gasteiger partial charge in [-0.05, 0) is 6.42 Å². The van der Waals surface area contributed by atoms with Crippen LogP contribution in [0.1, 0.15) is 39.5 Å². The average molecular weight is 282 g/mol. The molecule has 0 aromatic heterocycles. The Morgan fingerprint density at radius 1 is 1.06 bits per heavy atom. The summed E-state index contributed by atoms with van der Waals surface area (Å²) in [6.07, 6.45) is 0.165. The van der Waals surface area contributed by atoms with E-state index in [1.54, 1.807) is 0 Å². The number of hydrogen-bond donors (Lipinski definition) is 1. The van der Waals surface area contributed by atoms with Crippen LogP contribution in [-0.2, 0) is 23.9 Å². The molecule has 0 bridgehead atoms. The van der Waals surface area contributed by atoms with Crippen LogP contribution in [0.2, 0.25) is 0 Å². The quantitative estimate of drug-likeness (QED) is 0.374. The van der Waals surface area contributed by atoms with Crippen LogP contribution in [0.3, 0.4) is 0 Å². The summed E-state index contributed by atoms with van der Waals surface area (Å²) < 4.78 is 9.62. The average Bonchev–Trinajstić information content (AvgIpc) is 2.25. The Balaban J connectivity index is 0. The SMILES string of the molecule is CCCC(=O)OC(C)OC(=O)CCC(=O)C[NH3+].[Cl-]. The second-order valence-corrected chi connectivity index (χ2v) is 3.59. The highest BCUT2D eigenvalue weighted by atomic mass is 35.5. The van der Waals surface area contributed by atoms with Crippen LogP contribution >= 0.6 is 0 Å². The number of hydrogen-bond acceptors (Lipinski definition) is 5. The number of esters is 2. The third-order valence-corrected chi connectivity index (χ3v) is 1.94. The largest absolute Gasteiger partial charge is 1.00 e. The molecule has 1 atom stereocenters. The van der Waals surface area contributed by atoms with Crippen LogP contribution in [-0.4, -0.2) is 30.6 Å². The summed E-state index contributed by atoms with van der Waals surface area (Å²) in [5, 5.41) is 0. The van der Waals surface area contributed by atoms with Gasteiger partial charge >= 0.3 is 11.9 Å².